The summed E-state index contributed by atoms with van der Waals surface area (Å²) in [5, 5.41) is 17.3. The summed E-state index contributed by atoms with van der Waals surface area (Å²) in [7, 11) is 1.75. The number of aryl methyl sites for hydroxylation is 2. The van der Waals surface area contributed by atoms with E-state index in [1.54, 1.807) is 32.2 Å². The molecule has 35 heavy (non-hydrogen) atoms. The molecule has 0 saturated heterocycles. The highest BCUT2D eigenvalue weighted by Gasteiger charge is 2.45. The zero-order valence-electron chi connectivity index (χ0n) is 20.2. The zero-order chi connectivity index (χ0) is 25.3. The summed E-state index contributed by atoms with van der Waals surface area (Å²) in [6.07, 6.45) is -0.554. The van der Waals surface area contributed by atoms with Gasteiger partial charge < -0.3 is 19.7 Å². The zero-order valence-corrected chi connectivity index (χ0v) is 20.9. The fraction of sp³-hybridized carbons (Fsp3) is 0.480. The summed E-state index contributed by atoms with van der Waals surface area (Å²) in [4.78, 5) is 9.58. The van der Waals surface area contributed by atoms with Crippen LogP contribution in [0, 0.1) is 26.7 Å². The maximum Gasteiger partial charge on any atom is 0.248 e. The largest absolute Gasteiger partial charge is 0.491 e. The van der Waals surface area contributed by atoms with Gasteiger partial charge in [-0.2, -0.15) is 0 Å². The normalized spacial score (nSPS) is 16.2. The third-order valence-electron chi connectivity index (χ3n) is 6.23. The van der Waals surface area contributed by atoms with E-state index in [0.717, 1.165) is 11.1 Å². The first kappa shape index (κ1) is 25.5. The summed E-state index contributed by atoms with van der Waals surface area (Å²) in [6, 6.07) is 5.11. The lowest BCUT2D eigenvalue weighted by atomic mass is 9.78. The van der Waals surface area contributed by atoms with Crippen LogP contribution >= 0.6 is 11.6 Å². The number of benzene rings is 1. The number of ether oxygens (including phenoxy) is 1. The minimum Gasteiger partial charge on any atom is -0.491 e. The molecule has 1 atom stereocenters. The van der Waals surface area contributed by atoms with Crippen LogP contribution in [0.15, 0.2) is 22.7 Å². The Hall–Kier alpha value is -2.62. The SMILES string of the molecule is CNC[C@@H](O)COc1ccc(Cl)c(-c2nc(CC3CC(F)(F)C3)c(C)c(-c3c(C)noc3C)n2)c1. The van der Waals surface area contributed by atoms with Gasteiger partial charge in [-0.1, -0.05) is 16.8 Å². The molecular weight excluding hydrogens is 478 g/mol. The van der Waals surface area contributed by atoms with Gasteiger partial charge in [0.15, 0.2) is 5.82 Å². The first-order chi connectivity index (χ1) is 16.6. The van der Waals surface area contributed by atoms with Gasteiger partial charge in [0.25, 0.3) is 0 Å². The van der Waals surface area contributed by atoms with E-state index in [0.29, 0.717) is 58.0 Å². The van der Waals surface area contributed by atoms with Crippen molar-refractivity contribution in [2.75, 3.05) is 20.2 Å². The van der Waals surface area contributed by atoms with E-state index in [2.05, 4.69) is 10.5 Å². The van der Waals surface area contributed by atoms with E-state index in [-0.39, 0.29) is 25.4 Å². The van der Waals surface area contributed by atoms with Gasteiger partial charge in [0.2, 0.25) is 5.92 Å². The van der Waals surface area contributed by atoms with Crippen LogP contribution in [0.25, 0.3) is 22.6 Å². The van der Waals surface area contributed by atoms with Crippen LogP contribution in [0.2, 0.25) is 5.02 Å². The highest BCUT2D eigenvalue weighted by Crippen LogP contribution is 2.44. The second-order valence-corrected chi connectivity index (χ2v) is 9.57. The monoisotopic (exact) mass is 506 g/mol. The molecular formula is C25H29ClF2N4O3. The van der Waals surface area contributed by atoms with Gasteiger partial charge >= 0.3 is 0 Å². The maximum absolute atomic E-state index is 13.5. The Morgan fingerprint density at radius 1 is 1.26 bits per heavy atom. The van der Waals surface area contributed by atoms with E-state index in [4.69, 9.17) is 30.8 Å². The minimum atomic E-state index is -2.61. The highest BCUT2D eigenvalue weighted by molar-refractivity contribution is 6.33. The van der Waals surface area contributed by atoms with Crippen LogP contribution in [0.1, 0.15) is 35.6 Å². The van der Waals surface area contributed by atoms with Gasteiger partial charge in [0, 0.05) is 30.6 Å². The van der Waals surface area contributed by atoms with Crippen molar-refractivity contribution in [1.29, 1.82) is 0 Å². The van der Waals surface area contributed by atoms with E-state index in [9.17, 15) is 13.9 Å². The molecule has 3 aromatic rings. The third kappa shape index (κ3) is 5.63. The molecule has 10 heteroatoms. The first-order valence-electron chi connectivity index (χ1n) is 11.5. The lowest BCUT2D eigenvalue weighted by Crippen LogP contribution is -2.36. The second kappa shape index (κ2) is 10.2. The van der Waals surface area contributed by atoms with Crippen molar-refractivity contribution < 1.29 is 23.1 Å². The van der Waals surface area contributed by atoms with Gasteiger partial charge in [-0.3, -0.25) is 0 Å². The number of rotatable bonds is 9. The molecule has 1 aromatic carbocycles. The number of nitrogens with one attached hydrogen (secondary N) is 1. The molecule has 2 aromatic heterocycles. The molecule has 1 aliphatic carbocycles. The molecule has 0 radical (unpaired) electrons. The lowest BCUT2D eigenvalue weighted by Gasteiger charge is -2.35. The molecule has 0 aliphatic heterocycles. The topological polar surface area (TPSA) is 93.3 Å². The molecule has 0 unspecified atom stereocenters. The van der Waals surface area contributed by atoms with Gasteiger partial charge in [-0.05, 0) is 63.9 Å². The number of halogens is 3. The van der Waals surface area contributed by atoms with Crippen molar-refractivity contribution in [2.45, 2.75) is 52.1 Å². The van der Waals surface area contributed by atoms with Crippen molar-refractivity contribution in [3.8, 4) is 28.4 Å². The van der Waals surface area contributed by atoms with Crippen LogP contribution in [-0.2, 0) is 6.42 Å². The Kier molecular flexibility index (Phi) is 7.40. The Bertz CT molecular complexity index is 1190. The molecule has 2 heterocycles. The van der Waals surface area contributed by atoms with E-state index in [1.165, 1.54) is 0 Å². The van der Waals surface area contributed by atoms with Crippen LogP contribution in [-0.4, -0.2) is 52.5 Å². The number of aliphatic hydroxyl groups excluding tert-OH is 1. The third-order valence-corrected chi connectivity index (χ3v) is 6.56. The van der Waals surface area contributed by atoms with Crippen molar-refractivity contribution in [1.82, 2.24) is 20.4 Å². The molecule has 0 amide bonds. The quantitative estimate of drug-likeness (QED) is 0.425. The van der Waals surface area contributed by atoms with Gasteiger partial charge in [-0.25, -0.2) is 18.7 Å². The molecule has 4 rings (SSSR count). The lowest BCUT2D eigenvalue weighted by molar-refractivity contribution is -0.110. The van der Waals surface area contributed by atoms with Crippen molar-refractivity contribution in [3.05, 3.63) is 45.9 Å². The molecule has 7 nitrogen and oxygen atoms in total. The number of aliphatic hydroxyl groups is 1. The Morgan fingerprint density at radius 3 is 2.63 bits per heavy atom. The van der Waals surface area contributed by atoms with E-state index in [1.807, 2.05) is 13.8 Å². The van der Waals surface area contributed by atoms with Crippen molar-refractivity contribution in [2.24, 2.45) is 5.92 Å². The average molecular weight is 507 g/mol. The molecule has 1 aliphatic rings. The fourth-order valence-corrected chi connectivity index (χ4v) is 4.60. The number of hydrogen-bond acceptors (Lipinski definition) is 7. The molecule has 0 spiro atoms. The first-order valence-corrected chi connectivity index (χ1v) is 11.9. The molecule has 1 saturated carbocycles. The van der Waals surface area contributed by atoms with Gasteiger partial charge in [0.05, 0.1) is 22.0 Å². The number of hydrogen-bond donors (Lipinski definition) is 2. The maximum atomic E-state index is 13.5. The van der Waals surface area contributed by atoms with Crippen LogP contribution in [0.4, 0.5) is 8.78 Å². The number of aromatic nitrogens is 3. The fourth-order valence-electron chi connectivity index (χ4n) is 4.40. The average Bonchev–Trinajstić information content (AvgIpc) is 3.11. The van der Waals surface area contributed by atoms with Crippen LogP contribution < -0.4 is 10.1 Å². The van der Waals surface area contributed by atoms with Crippen molar-refractivity contribution in [3.63, 3.8) is 0 Å². The van der Waals surface area contributed by atoms with Crippen LogP contribution in [0.5, 0.6) is 5.75 Å². The Balaban J connectivity index is 1.75. The standard InChI is InChI=1S/C25H29ClF2N4O3/c1-13-21(7-16-9-25(27,28)10-16)30-24(31-23(13)22-14(2)32-35-15(22)3)19-8-18(5-6-20(19)26)34-12-17(33)11-29-4/h5-6,8,16-17,29,33H,7,9-12H2,1-4H3/t17-/m1/s1. The summed E-state index contributed by atoms with van der Waals surface area (Å²) in [6.45, 7) is 6.02. The summed E-state index contributed by atoms with van der Waals surface area (Å²) < 4.78 is 38.1. The number of likely N-dealkylation sites (N-methyl/N-ethyl adjacent to an activating group) is 1. The Labute approximate surface area is 207 Å². The Morgan fingerprint density at radius 2 is 2.00 bits per heavy atom. The summed E-state index contributed by atoms with van der Waals surface area (Å²) in [5.74, 6) is -1.28. The smallest absolute Gasteiger partial charge is 0.248 e. The molecule has 1 fully saturated rings. The van der Waals surface area contributed by atoms with E-state index < -0.39 is 12.0 Å². The second-order valence-electron chi connectivity index (χ2n) is 9.17. The molecule has 188 valence electrons. The summed E-state index contributed by atoms with van der Waals surface area (Å²) in [5.41, 5.74) is 4.11. The van der Waals surface area contributed by atoms with Crippen molar-refractivity contribution >= 4 is 11.6 Å². The molecule has 2 N–H and O–H groups in total. The van der Waals surface area contributed by atoms with Crippen LogP contribution in [0.3, 0.4) is 0 Å². The molecule has 0 bridgehead atoms. The summed E-state index contributed by atoms with van der Waals surface area (Å²) >= 11 is 6.53. The predicted molar refractivity (Wildman–Crippen MR) is 129 cm³/mol. The van der Waals surface area contributed by atoms with Gasteiger partial charge in [0.1, 0.15) is 24.2 Å². The number of alkyl halides is 2. The van der Waals surface area contributed by atoms with Gasteiger partial charge in [-0.15, -0.1) is 0 Å². The highest BCUT2D eigenvalue weighted by atomic mass is 35.5. The minimum absolute atomic E-state index is 0.0993. The van der Waals surface area contributed by atoms with E-state index >= 15 is 0 Å². The number of nitrogens with zero attached hydrogens (tertiary/aromatic N) is 3. The predicted octanol–water partition coefficient (Wildman–Crippen LogP) is 4.92.